The zero-order valence-corrected chi connectivity index (χ0v) is 29.7. The summed E-state index contributed by atoms with van der Waals surface area (Å²) in [5.41, 5.74) is 2.45. The fraction of sp³-hybridized carbons (Fsp3) is 0.243. The van der Waals surface area contributed by atoms with E-state index in [2.05, 4.69) is 34.8 Å². The van der Waals surface area contributed by atoms with Gasteiger partial charge in [-0.25, -0.2) is 28.4 Å². The van der Waals surface area contributed by atoms with Gasteiger partial charge in [-0.3, -0.25) is 9.59 Å². The minimum Gasteiger partial charge on any atom is -0.482 e. The van der Waals surface area contributed by atoms with Gasteiger partial charge in [0.25, 0.3) is 11.8 Å². The zero-order chi connectivity index (χ0) is 36.0. The lowest BCUT2D eigenvalue weighted by Gasteiger charge is -2.23. The Labute approximate surface area is 293 Å². The molecule has 1 unspecified atom stereocenters. The number of carbonyl (C=O) groups is 3. The molecule has 4 heterocycles. The molecule has 7 rings (SSSR count). The van der Waals surface area contributed by atoms with E-state index >= 15 is 4.39 Å². The van der Waals surface area contributed by atoms with Crippen LogP contribution in [0, 0.1) is 5.82 Å². The molecule has 0 aliphatic carbocycles. The molecule has 0 bridgehead atoms. The topological polar surface area (TPSA) is 131 Å². The van der Waals surface area contributed by atoms with Crippen molar-refractivity contribution in [1.29, 1.82) is 0 Å². The van der Waals surface area contributed by atoms with Gasteiger partial charge in [-0.05, 0) is 55.4 Å². The predicted octanol–water partition coefficient (Wildman–Crippen LogP) is 6.95. The van der Waals surface area contributed by atoms with Crippen LogP contribution in [0.1, 0.15) is 49.7 Å². The smallest absolute Gasteiger partial charge is 0.340 e. The lowest BCUT2D eigenvalue weighted by Crippen LogP contribution is -2.31. The average Bonchev–Trinajstić information content (AvgIpc) is 3.84. The summed E-state index contributed by atoms with van der Waals surface area (Å²) in [6.07, 6.45) is 4.52. The zero-order valence-electron chi connectivity index (χ0n) is 28.7. The molecule has 260 valence electrons. The second-order valence-corrected chi connectivity index (χ2v) is 19.1. The number of halogens is 1. The molecule has 0 fully saturated rings. The lowest BCUT2D eigenvalue weighted by atomic mass is 10.1. The maximum absolute atomic E-state index is 15.1. The molecule has 1 aliphatic rings. The van der Waals surface area contributed by atoms with Crippen molar-refractivity contribution in [3.05, 3.63) is 107 Å². The number of aromatic nitrogens is 5. The molecule has 51 heavy (non-hydrogen) atoms. The Bertz CT molecular complexity index is 2300. The maximum atomic E-state index is 15.1. The van der Waals surface area contributed by atoms with Gasteiger partial charge in [0.2, 0.25) is 0 Å². The van der Waals surface area contributed by atoms with Crippen molar-refractivity contribution in [2.45, 2.75) is 45.4 Å². The van der Waals surface area contributed by atoms with Crippen molar-refractivity contribution < 1.29 is 33.0 Å². The van der Waals surface area contributed by atoms with E-state index in [1.165, 1.54) is 12.1 Å². The number of pyridine rings is 1. The highest BCUT2D eigenvalue weighted by Crippen LogP contribution is 2.39. The number of nitrogens with zero attached hydrogens (tertiary/aromatic N) is 6. The predicted molar refractivity (Wildman–Crippen MR) is 191 cm³/mol. The molecule has 12 nitrogen and oxygen atoms in total. The molecule has 0 N–H and O–H groups in total. The largest absolute Gasteiger partial charge is 0.482 e. The molecule has 3 aromatic heterocycles. The Kier molecular flexibility index (Phi) is 8.73. The van der Waals surface area contributed by atoms with Crippen LogP contribution in [0.25, 0.3) is 27.5 Å². The average molecular weight is 707 g/mol. The van der Waals surface area contributed by atoms with Gasteiger partial charge in [-0.2, -0.15) is 10.2 Å². The summed E-state index contributed by atoms with van der Waals surface area (Å²) in [7, 11) is -0.120. The van der Waals surface area contributed by atoms with Crippen LogP contribution in [0.5, 0.6) is 5.75 Å². The number of benzene rings is 3. The van der Waals surface area contributed by atoms with E-state index in [9.17, 15) is 14.4 Å². The van der Waals surface area contributed by atoms with E-state index in [1.54, 1.807) is 52.1 Å². The quantitative estimate of drug-likeness (QED) is 0.0608. The molecular formula is C37H35FN6O6Si. The number of hydrogen-bond acceptors (Lipinski definition) is 9. The number of carbonyl (C=O) groups excluding carboxylic acids is 3. The fourth-order valence-electron chi connectivity index (χ4n) is 6.01. The molecule has 0 radical (unpaired) electrons. The van der Waals surface area contributed by atoms with Crippen LogP contribution in [-0.2, 0) is 16.2 Å². The van der Waals surface area contributed by atoms with E-state index in [4.69, 9.17) is 14.2 Å². The Hall–Kier alpha value is -5.73. The standard InChI is InChI=1S/C37H35FN6O6Si/c1-22(27-18-31-24(16-32(27)42-12-8-11-39-42)20-40-43(31)21-49-13-14-51(3,4)5)50-33-17-23-15-28(37(47)48-2)29(38)19-30(23)41-34(33)44-35(45)25-9-6-7-10-26(25)36(44)46/h6-12,15-20,22H,13-14,21H2,1-5H3. The molecule has 6 aromatic rings. The van der Waals surface area contributed by atoms with Gasteiger partial charge in [-0.1, -0.05) is 31.8 Å². The highest BCUT2D eigenvalue weighted by Gasteiger charge is 2.39. The molecule has 0 saturated carbocycles. The third kappa shape index (κ3) is 6.39. The van der Waals surface area contributed by atoms with Gasteiger partial charge in [0.05, 0.1) is 46.7 Å². The van der Waals surface area contributed by atoms with Crippen LogP contribution in [0.4, 0.5) is 10.2 Å². The lowest BCUT2D eigenvalue weighted by molar-refractivity contribution is 0.0595. The molecule has 3 aromatic carbocycles. The first-order valence-corrected chi connectivity index (χ1v) is 20.1. The van der Waals surface area contributed by atoms with Gasteiger partial charge in [0.1, 0.15) is 18.7 Å². The van der Waals surface area contributed by atoms with Gasteiger partial charge < -0.3 is 14.2 Å². The Morgan fingerprint density at radius 1 is 0.961 bits per heavy atom. The van der Waals surface area contributed by atoms with Gasteiger partial charge in [-0.15, -0.1) is 0 Å². The third-order valence-electron chi connectivity index (χ3n) is 8.75. The normalized spacial score (nSPS) is 13.6. The minimum absolute atomic E-state index is 0.0571. The number of rotatable bonds is 11. The number of fused-ring (bicyclic) bond motifs is 3. The summed E-state index contributed by atoms with van der Waals surface area (Å²) >= 11 is 0. The third-order valence-corrected chi connectivity index (χ3v) is 10.5. The molecule has 0 spiro atoms. The first-order chi connectivity index (χ1) is 24.4. The van der Waals surface area contributed by atoms with Gasteiger partial charge in [0.15, 0.2) is 11.6 Å². The number of amides is 2. The van der Waals surface area contributed by atoms with E-state index in [-0.39, 0.29) is 40.5 Å². The van der Waals surface area contributed by atoms with Crippen molar-refractivity contribution in [3.63, 3.8) is 0 Å². The minimum atomic E-state index is -1.28. The number of hydrogen-bond donors (Lipinski definition) is 0. The van der Waals surface area contributed by atoms with E-state index in [0.29, 0.717) is 23.2 Å². The SMILES string of the molecule is COC(=O)c1cc2cc(OC(C)c3cc4c(cnn4COCC[Si](C)(C)C)cc3-n3cccn3)c(N3C(=O)c4ccccc4C3=O)nc2cc1F. The summed E-state index contributed by atoms with van der Waals surface area (Å²) < 4.78 is 36.0. The van der Waals surface area contributed by atoms with Crippen LogP contribution >= 0.6 is 0 Å². The Morgan fingerprint density at radius 3 is 2.37 bits per heavy atom. The van der Waals surface area contributed by atoms with Crippen molar-refractivity contribution >= 4 is 53.5 Å². The highest BCUT2D eigenvalue weighted by molar-refractivity contribution is 6.76. The van der Waals surface area contributed by atoms with Crippen molar-refractivity contribution in [2.24, 2.45) is 0 Å². The first-order valence-electron chi connectivity index (χ1n) is 16.4. The highest BCUT2D eigenvalue weighted by atomic mass is 28.3. The summed E-state index contributed by atoms with van der Waals surface area (Å²) in [6.45, 7) is 9.61. The Balaban J connectivity index is 1.33. The summed E-state index contributed by atoms with van der Waals surface area (Å²) in [6, 6.07) is 17.1. The fourth-order valence-corrected chi connectivity index (χ4v) is 6.77. The van der Waals surface area contributed by atoms with Crippen LogP contribution in [0.2, 0.25) is 25.7 Å². The van der Waals surface area contributed by atoms with Gasteiger partial charge in [0, 0.05) is 49.5 Å². The second-order valence-electron chi connectivity index (χ2n) is 13.5. The molecule has 2 amide bonds. The van der Waals surface area contributed by atoms with Crippen LogP contribution in [-0.4, -0.2) is 64.1 Å². The number of ether oxygens (including phenoxy) is 3. The molecule has 1 atom stereocenters. The van der Waals surface area contributed by atoms with E-state index < -0.39 is 37.8 Å². The summed E-state index contributed by atoms with van der Waals surface area (Å²) in [5, 5.41) is 10.2. The Morgan fingerprint density at radius 2 is 1.71 bits per heavy atom. The van der Waals surface area contributed by atoms with E-state index in [0.717, 1.165) is 35.0 Å². The molecule has 0 saturated heterocycles. The molecule has 14 heteroatoms. The van der Waals surface area contributed by atoms with Crippen LogP contribution in [0.15, 0.2) is 79.3 Å². The van der Waals surface area contributed by atoms with Crippen LogP contribution < -0.4 is 9.64 Å². The number of esters is 1. The number of imide groups is 1. The van der Waals surface area contributed by atoms with E-state index in [1.807, 2.05) is 25.3 Å². The summed E-state index contributed by atoms with van der Waals surface area (Å²) in [4.78, 5) is 45.2. The monoisotopic (exact) mass is 706 g/mol. The van der Waals surface area contributed by atoms with Gasteiger partial charge >= 0.3 is 5.97 Å². The second kappa shape index (κ2) is 13.2. The maximum Gasteiger partial charge on any atom is 0.340 e. The molecular weight excluding hydrogens is 672 g/mol. The first kappa shape index (κ1) is 33.7. The number of anilines is 1. The van der Waals surface area contributed by atoms with Crippen molar-refractivity contribution in [1.82, 2.24) is 24.5 Å². The molecule has 1 aliphatic heterocycles. The van der Waals surface area contributed by atoms with Crippen LogP contribution in [0.3, 0.4) is 0 Å². The van der Waals surface area contributed by atoms with Crippen molar-refractivity contribution in [3.8, 4) is 11.4 Å². The number of methoxy groups -OCH3 is 1. The summed E-state index contributed by atoms with van der Waals surface area (Å²) in [5.74, 6) is -2.98. The van der Waals surface area contributed by atoms with Crippen molar-refractivity contribution in [2.75, 3.05) is 18.6 Å².